The largest absolute Gasteiger partial charge is 0.465 e. The molecule has 0 amide bonds. The second kappa shape index (κ2) is 4.73. The first kappa shape index (κ1) is 11.9. The van der Waals surface area contributed by atoms with Gasteiger partial charge in [0.1, 0.15) is 5.82 Å². The Morgan fingerprint density at radius 3 is 2.76 bits per heavy atom. The van der Waals surface area contributed by atoms with E-state index in [1.807, 2.05) is 0 Å². The molecule has 1 saturated carbocycles. The summed E-state index contributed by atoms with van der Waals surface area (Å²) < 4.78 is 17.9. The Morgan fingerprint density at radius 2 is 2.18 bits per heavy atom. The number of ether oxygens (including phenoxy) is 1. The van der Waals surface area contributed by atoms with E-state index in [4.69, 9.17) is 0 Å². The molecule has 1 aliphatic carbocycles. The number of halogens is 1. The molecule has 92 valence electrons. The number of benzene rings is 1. The van der Waals surface area contributed by atoms with Gasteiger partial charge in [-0.3, -0.25) is 0 Å². The van der Waals surface area contributed by atoms with Crippen LogP contribution in [0.3, 0.4) is 0 Å². The number of rotatable bonds is 3. The third-order valence-corrected chi connectivity index (χ3v) is 3.12. The van der Waals surface area contributed by atoms with Crippen molar-refractivity contribution in [2.24, 2.45) is 5.92 Å². The summed E-state index contributed by atoms with van der Waals surface area (Å²) in [6.45, 7) is 2.20. The van der Waals surface area contributed by atoms with Gasteiger partial charge in [0.05, 0.1) is 12.7 Å². The van der Waals surface area contributed by atoms with Crippen LogP contribution in [0.25, 0.3) is 0 Å². The lowest BCUT2D eigenvalue weighted by Gasteiger charge is -2.34. The summed E-state index contributed by atoms with van der Waals surface area (Å²) in [5.74, 6) is -0.453. The topological polar surface area (TPSA) is 38.3 Å². The van der Waals surface area contributed by atoms with Gasteiger partial charge < -0.3 is 10.1 Å². The molecule has 1 aromatic rings. The Morgan fingerprint density at radius 1 is 1.47 bits per heavy atom. The second-order valence-electron chi connectivity index (χ2n) is 4.60. The molecule has 0 aromatic heterocycles. The van der Waals surface area contributed by atoms with E-state index < -0.39 is 11.8 Å². The van der Waals surface area contributed by atoms with Gasteiger partial charge in [0.2, 0.25) is 0 Å². The summed E-state index contributed by atoms with van der Waals surface area (Å²) in [6.07, 6.45) is 2.23. The number of esters is 1. The first-order valence-electron chi connectivity index (χ1n) is 5.74. The van der Waals surface area contributed by atoms with Crippen molar-refractivity contribution < 1.29 is 13.9 Å². The van der Waals surface area contributed by atoms with Crippen LogP contribution in [0.2, 0.25) is 0 Å². The predicted octanol–water partition coefficient (Wildman–Crippen LogP) is 2.82. The lowest BCUT2D eigenvalue weighted by molar-refractivity contribution is 0.0595. The molecule has 3 nitrogen and oxygen atoms in total. The first-order valence-corrected chi connectivity index (χ1v) is 5.74. The molecule has 1 aromatic carbocycles. The molecular formula is C13H16FNO2. The Bertz CT molecular complexity index is 427. The zero-order valence-electron chi connectivity index (χ0n) is 10.00. The van der Waals surface area contributed by atoms with Crippen molar-refractivity contribution in [3.63, 3.8) is 0 Å². The van der Waals surface area contributed by atoms with E-state index in [2.05, 4.69) is 17.0 Å². The first-order chi connectivity index (χ1) is 8.10. The number of hydrogen-bond donors (Lipinski definition) is 1. The smallest absolute Gasteiger partial charge is 0.340 e. The molecule has 0 spiro atoms. The highest BCUT2D eigenvalue weighted by atomic mass is 19.1. The maximum Gasteiger partial charge on any atom is 0.340 e. The third-order valence-electron chi connectivity index (χ3n) is 3.12. The number of hydrogen-bond acceptors (Lipinski definition) is 3. The van der Waals surface area contributed by atoms with Crippen LogP contribution < -0.4 is 5.32 Å². The Hall–Kier alpha value is -1.58. The van der Waals surface area contributed by atoms with Gasteiger partial charge in [-0.25, -0.2) is 9.18 Å². The van der Waals surface area contributed by atoms with Gasteiger partial charge in [-0.1, -0.05) is 6.92 Å². The van der Waals surface area contributed by atoms with Crippen LogP contribution in [0.4, 0.5) is 10.1 Å². The molecule has 2 rings (SSSR count). The minimum Gasteiger partial charge on any atom is -0.465 e. The molecule has 17 heavy (non-hydrogen) atoms. The summed E-state index contributed by atoms with van der Waals surface area (Å²) in [5, 5.41) is 3.28. The molecule has 0 aliphatic heterocycles. The Kier molecular flexibility index (Phi) is 3.31. The molecule has 0 heterocycles. The zero-order valence-corrected chi connectivity index (χ0v) is 10.00. The van der Waals surface area contributed by atoms with Crippen molar-refractivity contribution >= 4 is 11.7 Å². The SMILES string of the molecule is COC(=O)c1cc(NC2CC(C)C2)ccc1F. The fourth-order valence-electron chi connectivity index (χ4n) is 2.14. The zero-order chi connectivity index (χ0) is 12.4. The highest BCUT2D eigenvalue weighted by Crippen LogP contribution is 2.29. The van der Waals surface area contributed by atoms with E-state index in [1.54, 1.807) is 6.07 Å². The Balaban J connectivity index is 2.10. The molecule has 1 aliphatic rings. The molecule has 0 unspecified atom stereocenters. The predicted molar refractivity (Wildman–Crippen MR) is 63.5 cm³/mol. The molecule has 0 bridgehead atoms. The quantitative estimate of drug-likeness (QED) is 0.821. The number of methoxy groups -OCH3 is 1. The summed E-state index contributed by atoms with van der Waals surface area (Å²) in [4.78, 5) is 11.3. The van der Waals surface area contributed by atoms with Gasteiger partial charge >= 0.3 is 5.97 Å². The molecule has 0 radical (unpaired) electrons. The highest BCUT2D eigenvalue weighted by molar-refractivity contribution is 5.90. The maximum atomic E-state index is 13.4. The third kappa shape index (κ3) is 2.57. The average Bonchev–Trinajstić information content (AvgIpc) is 2.28. The molecule has 1 fully saturated rings. The van der Waals surface area contributed by atoms with E-state index >= 15 is 0 Å². The molecule has 4 heteroatoms. The van der Waals surface area contributed by atoms with Crippen LogP contribution in [0.5, 0.6) is 0 Å². The van der Waals surface area contributed by atoms with Gasteiger partial charge in [-0.05, 0) is 37.0 Å². The van der Waals surface area contributed by atoms with Crippen molar-refractivity contribution in [3.05, 3.63) is 29.6 Å². The summed E-state index contributed by atoms with van der Waals surface area (Å²) in [6, 6.07) is 4.87. The summed E-state index contributed by atoms with van der Waals surface area (Å²) >= 11 is 0. The van der Waals surface area contributed by atoms with Gasteiger partial charge in [-0.2, -0.15) is 0 Å². The van der Waals surface area contributed by atoms with Crippen molar-refractivity contribution in [3.8, 4) is 0 Å². The van der Waals surface area contributed by atoms with E-state index in [0.717, 1.165) is 24.4 Å². The lowest BCUT2D eigenvalue weighted by atomic mass is 9.82. The fourth-order valence-corrected chi connectivity index (χ4v) is 2.14. The highest BCUT2D eigenvalue weighted by Gasteiger charge is 2.25. The average molecular weight is 237 g/mol. The number of carbonyl (C=O) groups is 1. The number of carbonyl (C=O) groups excluding carboxylic acids is 1. The van der Waals surface area contributed by atoms with Crippen molar-refractivity contribution in [1.82, 2.24) is 0 Å². The molecule has 1 N–H and O–H groups in total. The normalized spacial score (nSPS) is 22.8. The summed E-state index contributed by atoms with van der Waals surface area (Å²) in [5.41, 5.74) is 0.744. The molecule has 0 saturated heterocycles. The Labute approximate surface area is 100.0 Å². The van der Waals surface area contributed by atoms with Gasteiger partial charge in [-0.15, -0.1) is 0 Å². The van der Waals surface area contributed by atoms with Gasteiger partial charge in [0.25, 0.3) is 0 Å². The van der Waals surface area contributed by atoms with Gasteiger partial charge in [0, 0.05) is 11.7 Å². The van der Waals surface area contributed by atoms with Crippen LogP contribution >= 0.6 is 0 Å². The van der Waals surface area contributed by atoms with E-state index in [1.165, 1.54) is 19.2 Å². The van der Waals surface area contributed by atoms with Crippen molar-refractivity contribution in [1.29, 1.82) is 0 Å². The molecule has 0 atom stereocenters. The molecular weight excluding hydrogens is 221 g/mol. The van der Waals surface area contributed by atoms with Crippen molar-refractivity contribution in [2.45, 2.75) is 25.8 Å². The standard InChI is InChI=1S/C13H16FNO2/c1-8-5-10(6-8)15-9-3-4-12(14)11(7-9)13(16)17-2/h3-4,7-8,10,15H,5-6H2,1-2H3. The van der Waals surface area contributed by atoms with Gasteiger partial charge in [0.15, 0.2) is 0 Å². The van der Waals surface area contributed by atoms with Crippen LogP contribution in [0.1, 0.15) is 30.1 Å². The van der Waals surface area contributed by atoms with Crippen LogP contribution in [0.15, 0.2) is 18.2 Å². The number of anilines is 1. The van der Waals surface area contributed by atoms with E-state index in [-0.39, 0.29) is 5.56 Å². The minimum atomic E-state index is -0.645. The van der Waals surface area contributed by atoms with E-state index in [9.17, 15) is 9.18 Å². The monoisotopic (exact) mass is 237 g/mol. The van der Waals surface area contributed by atoms with Crippen LogP contribution in [-0.4, -0.2) is 19.1 Å². The lowest BCUT2D eigenvalue weighted by Crippen LogP contribution is -2.33. The van der Waals surface area contributed by atoms with Crippen LogP contribution in [-0.2, 0) is 4.74 Å². The van der Waals surface area contributed by atoms with E-state index in [0.29, 0.717) is 6.04 Å². The fraction of sp³-hybridized carbons (Fsp3) is 0.462. The van der Waals surface area contributed by atoms with Crippen molar-refractivity contribution in [2.75, 3.05) is 12.4 Å². The summed E-state index contributed by atoms with van der Waals surface area (Å²) in [7, 11) is 1.25. The maximum absolute atomic E-state index is 13.4. The van der Waals surface area contributed by atoms with Crippen LogP contribution in [0, 0.1) is 11.7 Å². The second-order valence-corrected chi connectivity index (χ2v) is 4.60. The minimum absolute atomic E-state index is 0.0233. The number of nitrogens with one attached hydrogen (secondary N) is 1.